The molecule has 0 amide bonds. The van der Waals surface area contributed by atoms with Crippen LogP contribution in [0.25, 0.3) is 0 Å². The van der Waals surface area contributed by atoms with E-state index in [0.717, 1.165) is 36.0 Å². The lowest BCUT2D eigenvalue weighted by Crippen LogP contribution is -2.11. The highest BCUT2D eigenvalue weighted by Crippen LogP contribution is 2.25. The number of hydrogen-bond donors (Lipinski definition) is 0. The molecule has 0 N–H and O–H groups in total. The van der Waals surface area contributed by atoms with Gasteiger partial charge < -0.3 is 4.57 Å². The molecular weight excluding hydrogens is 304 g/mol. The molecule has 2 heterocycles. The summed E-state index contributed by atoms with van der Waals surface area (Å²) in [5, 5.41) is 4.56. The van der Waals surface area contributed by atoms with E-state index >= 15 is 0 Å². The largest absolute Gasteiger partial charge is 0.328 e. The van der Waals surface area contributed by atoms with Gasteiger partial charge >= 0.3 is 0 Å². The summed E-state index contributed by atoms with van der Waals surface area (Å²) in [7, 11) is 2.02. The maximum absolute atomic E-state index is 4.56. The number of hydrogen-bond acceptors (Lipinski definition) is 2. The zero-order valence-electron chi connectivity index (χ0n) is 11.5. The van der Waals surface area contributed by atoms with E-state index in [2.05, 4.69) is 37.5 Å². The molecule has 102 valence electrons. The van der Waals surface area contributed by atoms with Gasteiger partial charge in [-0.05, 0) is 48.0 Å². The Hall–Kier alpha value is -1.10. The number of aromatic nitrogens is 4. The van der Waals surface area contributed by atoms with Crippen molar-refractivity contribution >= 4 is 15.9 Å². The molecular formula is C14H19BrN4. The molecule has 0 fully saturated rings. The fraction of sp³-hybridized carbons (Fsp3) is 0.571. The van der Waals surface area contributed by atoms with Gasteiger partial charge in [0.15, 0.2) is 0 Å². The van der Waals surface area contributed by atoms with Crippen molar-refractivity contribution in [1.29, 1.82) is 0 Å². The highest BCUT2D eigenvalue weighted by Gasteiger charge is 2.18. The molecule has 5 heteroatoms. The number of aryl methyl sites for hydroxylation is 3. The molecule has 0 unspecified atom stereocenters. The molecule has 0 aromatic carbocycles. The van der Waals surface area contributed by atoms with E-state index in [9.17, 15) is 0 Å². The maximum atomic E-state index is 4.56. The van der Waals surface area contributed by atoms with Crippen LogP contribution >= 0.6 is 15.9 Å². The monoisotopic (exact) mass is 322 g/mol. The first-order valence-electron chi connectivity index (χ1n) is 6.93. The quantitative estimate of drug-likeness (QED) is 0.871. The van der Waals surface area contributed by atoms with Crippen LogP contribution in [0.5, 0.6) is 0 Å². The third-order valence-electron chi connectivity index (χ3n) is 3.93. The average Bonchev–Trinajstić information content (AvgIpc) is 2.95. The number of halogens is 1. The minimum absolute atomic E-state index is 0.854. The van der Waals surface area contributed by atoms with Gasteiger partial charge in [0.05, 0.1) is 34.4 Å². The average molecular weight is 323 g/mol. The summed E-state index contributed by atoms with van der Waals surface area (Å²) in [4.78, 5) is 4.56. The predicted molar refractivity (Wildman–Crippen MR) is 78.3 cm³/mol. The topological polar surface area (TPSA) is 35.6 Å². The van der Waals surface area contributed by atoms with E-state index in [0.29, 0.717) is 0 Å². The molecule has 1 aliphatic carbocycles. The second-order valence-corrected chi connectivity index (χ2v) is 5.95. The molecule has 1 aliphatic rings. The lowest BCUT2D eigenvalue weighted by molar-refractivity contribution is 0.605. The molecule has 0 aliphatic heterocycles. The van der Waals surface area contributed by atoms with Crippen molar-refractivity contribution in [1.82, 2.24) is 19.3 Å². The van der Waals surface area contributed by atoms with Crippen molar-refractivity contribution in [2.45, 2.75) is 45.6 Å². The highest BCUT2D eigenvalue weighted by atomic mass is 79.9. The van der Waals surface area contributed by atoms with Crippen molar-refractivity contribution in [3.63, 3.8) is 0 Å². The predicted octanol–water partition coefficient (Wildman–Crippen LogP) is 2.87. The summed E-state index contributed by atoms with van der Waals surface area (Å²) >= 11 is 3.69. The van der Waals surface area contributed by atoms with E-state index in [-0.39, 0.29) is 0 Å². The summed E-state index contributed by atoms with van der Waals surface area (Å²) in [6.07, 6.45) is 7.79. The van der Waals surface area contributed by atoms with E-state index in [1.807, 2.05) is 18.1 Å². The lowest BCUT2D eigenvalue weighted by Gasteiger charge is -2.14. The molecule has 2 aromatic heterocycles. The van der Waals surface area contributed by atoms with Crippen LogP contribution in [0.15, 0.2) is 10.8 Å². The van der Waals surface area contributed by atoms with Crippen LogP contribution < -0.4 is 0 Å². The van der Waals surface area contributed by atoms with Gasteiger partial charge in [-0.1, -0.05) is 6.92 Å². The fourth-order valence-corrected chi connectivity index (χ4v) is 3.56. The second-order valence-electron chi connectivity index (χ2n) is 5.16. The first-order chi connectivity index (χ1) is 9.20. The van der Waals surface area contributed by atoms with Gasteiger partial charge in [-0.3, -0.25) is 4.68 Å². The third kappa shape index (κ3) is 2.24. The Bertz CT molecular complexity index is 597. The molecule has 0 saturated heterocycles. The molecule has 3 rings (SSSR count). The van der Waals surface area contributed by atoms with Crippen LogP contribution in [0.3, 0.4) is 0 Å². The fourth-order valence-electron chi connectivity index (χ4n) is 2.82. The Morgan fingerprint density at radius 2 is 2.11 bits per heavy atom. The Labute approximate surface area is 122 Å². The Morgan fingerprint density at radius 1 is 1.32 bits per heavy atom. The Morgan fingerprint density at radius 3 is 2.84 bits per heavy atom. The first kappa shape index (κ1) is 12.9. The number of imidazole rings is 1. The third-order valence-corrected chi connectivity index (χ3v) is 4.85. The minimum atomic E-state index is 0.854. The summed E-state index contributed by atoms with van der Waals surface area (Å²) in [6.45, 7) is 2.99. The van der Waals surface area contributed by atoms with Gasteiger partial charge in [0, 0.05) is 12.7 Å². The summed E-state index contributed by atoms with van der Waals surface area (Å²) in [5.74, 6) is 0. The highest BCUT2D eigenvalue weighted by molar-refractivity contribution is 9.10. The molecule has 0 spiro atoms. The number of fused-ring (bicyclic) bond motifs is 1. The van der Waals surface area contributed by atoms with Crippen LogP contribution in [0.4, 0.5) is 0 Å². The van der Waals surface area contributed by atoms with Crippen LogP contribution in [-0.4, -0.2) is 19.3 Å². The van der Waals surface area contributed by atoms with Gasteiger partial charge in [0.1, 0.15) is 0 Å². The number of nitrogens with zero attached hydrogens (tertiary/aromatic N) is 4. The summed E-state index contributed by atoms with van der Waals surface area (Å²) in [6, 6.07) is 0. The van der Waals surface area contributed by atoms with E-state index in [4.69, 9.17) is 0 Å². The van der Waals surface area contributed by atoms with E-state index < -0.39 is 0 Å². The van der Waals surface area contributed by atoms with Crippen molar-refractivity contribution in [3.05, 3.63) is 33.6 Å². The SMILES string of the molecule is CCc1nn(C)c(Cn2cnc3c2CCCC3)c1Br. The van der Waals surface area contributed by atoms with Crippen molar-refractivity contribution in [2.75, 3.05) is 0 Å². The molecule has 0 atom stereocenters. The smallest absolute Gasteiger partial charge is 0.0955 e. The molecule has 19 heavy (non-hydrogen) atoms. The zero-order valence-corrected chi connectivity index (χ0v) is 13.1. The van der Waals surface area contributed by atoms with Crippen LogP contribution in [0.1, 0.15) is 42.5 Å². The van der Waals surface area contributed by atoms with Crippen molar-refractivity contribution < 1.29 is 0 Å². The normalized spacial score (nSPS) is 14.7. The molecule has 0 bridgehead atoms. The van der Waals surface area contributed by atoms with Gasteiger partial charge in [-0.15, -0.1) is 0 Å². The molecule has 2 aromatic rings. The lowest BCUT2D eigenvalue weighted by atomic mass is 10.0. The van der Waals surface area contributed by atoms with Crippen LogP contribution in [0, 0.1) is 0 Å². The van der Waals surface area contributed by atoms with Crippen LogP contribution in [-0.2, 0) is 32.9 Å². The maximum Gasteiger partial charge on any atom is 0.0955 e. The molecule has 4 nitrogen and oxygen atoms in total. The summed E-state index contributed by atoms with van der Waals surface area (Å²) in [5.41, 5.74) is 5.06. The molecule has 0 radical (unpaired) electrons. The van der Waals surface area contributed by atoms with Crippen molar-refractivity contribution in [3.8, 4) is 0 Å². The standard InChI is InChI=1S/C14H19BrN4/c1-3-10-14(15)13(18(2)17-10)8-19-9-16-11-6-4-5-7-12(11)19/h9H,3-8H2,1-2H3. The van der Waals surface area contributed by atoms with Gasteiger partial charge in [-0.25, -0.2) is 4.98 Å². The summed E-state index contributed by atoms with van der Waals surface area (Å²) < 4.78 is 5.42. The van der Waals surface area contributed by atoms with Gasteiger partial charge in [-0.2, -0.15) is 5.10 Å². The first-order valence-corrected chi connectivity index (χ1v) is 7.73. The van der Waals surface area contributed by atoms with E-state index in [1.54, 1.807) is 0 Å². The minimum Gasteiger partial charge on any atom is -0.328 e. The van der Waals surface area contributed by atoms with Crippen LogP contribution in [0.2, 0.25) is 0 Å². The second kappa shape index (κ2) is 5.12. The Kier molecular flexibility index (Phi) is 3.48. The van der Waals surface area contributed by atoms with E-state index in [1.165, 1.54) is 29.9 Å². The molecule has 0 saturated carbocycles. The Balaban J connectivity index is 1.93. The van der Waals surface area contributed by atoms with Gasteiger partial charge in [0.2, 0.25) is 0 Å². The van der Waals surface area contributed by atoms with Gasteiger partial charge in [0.25, 0.3) is 0 Å². The number of rotatable bonds is 3. The zero-order chi connectivity index (χ0) is 13.4. The van der Waals surface area contributed by atoms with Crippen molar-refractivity contribution in [2.24, 2.45) is 7.05 Å².